The third kappa shape index (κ3) is 4.21. The molecule has 0 unspecified atom stereocenters. The van der Waals surface area contributed by atoms with Gasteiger partial charge in [-0.2, -0.15) is 5.10 Å². The highest BCUT2D eigenvalue weighted by Crippen LogP contribution is 2.44. The maximum Gasteiger partial charge on any atom is 0.258 e. The monoisotopic (exact) mass is 339 g/mol. The molecule has 2 aliphatic rings. The molecular weight excluding hydrogens is 314 g/mol. The van der Waals surface area contributed by atoms with Gasteiger partial charge in [0.1, 0.15) is 5.75 Å². The van der Waals surface area contributed by atoms with Gasteiger partial charge in [-0.3, -0.25) is 9.48 Å². The number of nitrogens with zero attached hydrogens (tertiary/aromatic N) is 2. The van der Waals surface area contributed by atoms with Crippen molar-refractivity contribution >= 4 is 5.91 Å². The normalized spacial score (nSPS) is 16.7. The van der Waals surface area contributed by atoms with E-state index in [0.29, 0.717) is 18.4 Å². The average Bonchev–Trinajstić information content (AvgIpc) is 3.53. The molecule has 0 aliphatic heterocycles. The van der Waals surface area contributed by atoms with Crippen molar-refractivity contribution in [3.63, 3.8) is 0 Å². The number of aryl methyl sites for hydroxylation is 1. The Morgan fingerprint density at radius 3 is 2.60 bits per heavy atom. The molecule has 1 amide bonds. The first-order valence-electron chi connectivity index (χ1n) is 9.23. The second-order valence-corrected chi connectivity index (χ2v) is 7.22. The predicted octanol–water partition coefficient (Wildman–Crippen LogP) is 3.14. The smallest absolute Gasteiger partial charge is 0.258 e. The Balaban J connectivity index is 1.24. The maximum absolute atomic E-state index is 12.0. The quantitative estimate of drug-likeness (QED) is 0.804. The van der Waals surface area contributed by atoms with Crippen LogP contribution >= 0.6 is 0 Å². The fourth-order valence-corrected chi connectivity index (χ4v) is 3.05. The summed E-state index contributed by atoms with van der Waals surface area (Å²) in [5.74, 6) is 1.98. The van der Waals surface area contributed by atoms with Crippen LogP contribution < -0.4 is 10.1 Å². The summed E-state index contributed by atoms with van der Waals surface area (Å²) in [4.78, 5) is 12.0. The Bertz CT molecular complexity index is 743. The van der Waals surface area contributed by atoms with Crippen LogP contribution in [-0.2, 0) is 11.3 Å². The van der Waals surface area contributed by atoms with Gasteiger partial charge in [-0.05, 0) is 50.8 Å². The first-order chi connectivity index (χ1) is 12.2. The fourth-order valence-electron chi connectivity index (χ4n) is 3.05. The third-order valence-corrected chi connectivity index (χ3v) is 4.86. The minimum atomic E-state index is -0.0943. The van der Waals surface area contributed by atoms with E-state index >= 15 is 0 Å². The molecular formula is C20H25N3O2. The van der Waals surface area contributed by atoms with Crippen molar-refractivity contribution in [3.05, 3.63) is 47.3 Å². The molecule has 4 rings (SSSR count). The summed E-state index contributed by atoms with van der Waals surface area (Å²) in [5, 5.41) is 7.69. The highest BCUT2D eigenvalue weighted by atomic mass is 16.5. The van der Waals surface area contributed by atoms with E-state index in [0.717, 1.165) is 12.3 Å². The molecule has 1 aromatic carbocycles. The van der Waals surface area contributed by atoms with E-state index in [9.17, 15) is 4.79 Å². The molecule has 132 valence electrons. The SMILES string of the molecule is Cc1ccc(OCC(=O)NCCn2nc(C3CC3)cc2C2CC2)cc1. The van der Waals surface area contributed by atoms with Crippen molar-refractivity contribution in [3.8, 4) is 5.75 Å². The van der Waals surface area contributed by atoms with Gasteiger partial charge in [0.25, 0.3) is 5.91 Å². The lowest BCUT2D eigenvalue weighted by atomic mass is 10.2. The predicted molar refractivity (Wildman–Crippen MR) is 95.9 cm³/mol. The van der Waals surface area contributed by atoms with Crippen molar-refractivity contribution in [1.29, 1.82) is 0 Å². The molecule has 1 N–H and O–H groups in total. The Labute approximate surface area is 148 Å². The summed E-state index contributed by atoms with van der Waals surface area (Å²) >= 11 is 0. The average molecular weight is 339 g/mol. The van der Waals surface area contributed by atoms with Gasteiger partial charge in [-0.15, -0.1) is 0 Å². The van der Waals surface area contributed by atoms with Crippen LogP contribution in [0.1, 0.15) is 54.5 Å². The second-order valence-electron chi connectivity index (χ2n) is 7.22. The van der Waals surface area contributed by atoms with Gasteiger partial charge in [0.2, 0.25) is 0 Å². The molecule has 0 atom stereocenters. The van der Waals surface area contributed by atoms with Crippen LogP contribution in [0.25, 0.3) is 0 Å². The number of rotatable bonds is 8. The molecule has 2 saturated carbocycles. The van der Waals surface area contributed by atoms with E-state index in [1.54, 1.807) is 0 Å². The number of hydrogen-bond acceptors (Lipinski definition) is 3. The molecule has 0 spiro atoms. The summed E-state index contributed by atoms with van der Waals surface area (Å²) < 4.78 is 7.61. The van der Waals surface area contributed by atoms with Gasteiger partial charge in [0.05, 0.1) is 12.2 Å². The summed E-state index contributed by atoms with van der Waals surface area (Å²) in [7, 11) is 0. The summed E-state index contributed by atoms with van der Waals surface area (Å²) in [6.07, 6.45) is 5.08. The number of carbonyl (C=O) groups is 1. The molecule has 5 heteroatoms. The minimum Gasteiger partial charge on any atom is -0.484 e. The molecule has 2 aliphatic carbocycles. The van der Waals surface area contributed by atoms with Crippen molar-refractivity contribution in [2.75, 3.05) is 13.2 Å². The first kappa shape index (κ1) is 16.2. The highest BCUT2D eigenvalue weighted by Gasteiger charge is 2.32. The number of amides is 1. The number of benzene rings is 1. The zero-order valence-corrected chi connectivity index (χ0v) is 14.7. The molecule has 2 aromatic rings. The summed E-state index contributed by atoms with van der Waals surface area (Å²) in [6, 6.07) is 10.0. The van der Waals surface area contributed by atoms with E-state index in [-0.39, 0.29) is 12.5 Å². The van der Waals surface area contributed by atoms with E-state index in [2.05, 4.69) is 16.1 Å². The molecule has 1 aromatic heterocycles. The molecule has 5 nitrogen and oxygen atoms in total. The molecule has 2 fully saturated rings. The topological polar surface area (TPSA) is 56.1 Å². The van der Waals surface area contributed by atoms with E-state index in [4.69, 9.17) is 9.84 Å². The number of carbonyl (C=O) groups excluding carboxylic acids is 1. The zero-order chi connectivity index (χ0) is 17.2. The molecule has 1 heterocycles. The molecule has 0 saturated heterocycles. The van der Waals surface area contributed by atoms with Crippen molar-refractivity contribution in [2.45, 2.75) is 51.0 Å². The van der Waals surface area contributed by atoms with Gasteiger partial charge in [0.15, 0.2) is 6.61 Å². The van der Waals surface area contributed by atoms with Gasteiger partial charge < -0.3 is 10.1 Å². The van der Waals surface area contributed by atoms with Gasteiger partial charge >= 0.3 is 0 Å². The molecule has 0 bridgehead atoms. The Kier molecular flexibility index (Phi) is 4.47. The van der Waals surface area contributed by atoms with Crippen LogP contribution in [0.5, 0.6) is 5.75 Å². The van der Waals surface area contributed by atoms with Crippen molar-refractivity contribution < 1.29 is 9.53 Å². The van der Waals surface area contributed by atoms with Crippen molar-refractivity contribution in [1.82, 2.24) is 15.1 Å². The van der Waals surface area contributed by atoms with Crippen molar-refractivity contribution in [2.24, 2.45) is 0 Å². The third-order valence-electron chi connectivity index (χ3n) is 4.86. The Morgan fingerprint density at radius 1 is 1.20 bits per heavy atom. The number of aromatic nitrogens is 2. The zero-order valence-electron chi connectivity index (χ0n) is 14.7. The second kappa shape index (κ2) is 6.90. The van der Waals surface area contributed by atoms with Gasteiger partial charge in [-0.1, -0.05) is 17.7 Å². The Morgan fingerprint density at radius 2 is 1.92 bits per heavy atom. The van der Waals surface area contributed by atoms with Gasteiger partial charge in [-0.25, -0.2) is 0 Å². The standard InChI is InChI=1S/C20H25N3O2/c1-14-2-8-17(9-3-14)25-13-20(24)21-10-11-23-19(16-6-7-16)12-18(22-23)15-4-5-15/h2-3,8-9,12,15-16H,4-7,10-11,13H2,1H3,(H,21,24). The highest BCUT2D eigenvalue weighted by molar-refractivity contribution is 5.77. The summed E-state index contributed by atoms with van der Waals surface area (Å²) in [5.41, 5.74) is 3.77. The fraction of sp³-hybridized carbons (Fsp3) is 0.500. The van der Waals surface area contributed by atoms with Crippen LogP contribution in [0.2, 0.25) is 0 Å². The minimum absolute atomic E-state index is 0.0466. The van der Waals surface area contributed by atoms with E-state index in [1.807, 2.05) is 31.2 Å². The van der Waals surface area contributed by atoms with Crippen LogP contribution in [0.4, 0.5) is 0 Å². The van der Waals surface area contributed by atoms with E-state index < -0.39 is 0 Å². The molecule has 25 heavy (non-hydrogen) atoms. The number of ether oxygens (including phenoxy) is 1. The Hall–Kier alpha value is -2.30. The van der Waals surface area contributed by atoms with Crippen LogP contribution in [0, 0.1) is 6.92 Å². The van der Waals surface area contributed by atoms with Crippen LogP contribution in [0.15, 0.2) is 30.3 Å². The van der Waals surface area contributed by atoms with E-state index in [1.165, 1.54) is 42.6 Å². The lowest BCUT2D eigenvalue weighted by Crippen LogP contribution is -2.32. The van der Waals surface area contributed by atoms with Crippen LogP contribution in [-0.4, -0.2) is 28.8 Å². The molecule has 0 radical (unpaired) electrons. The summed E-state index contributed by atoms with van der Waals surface area (Å²) in [6.45, 7) is 3.39. The van der Waals surface area contributed by atoms with Crippen LogP contribution in [0.3, 0.4) is 0 Å². The lowest BCUT2D eigenvalue weighted by Gasteiger charge is -2.09. The number of nitrogens with one attached hydrogen (secondary N) is 1. The maximum atomic E-state index is 12.0. The number of hydrogen-bond donors (Lipinski definition) is 1. The lowest BCUT2D eigenvalue weighted by molar-refractivity contribution is -0.123. The first-order valence-corrected chi connectivity index (χ1v) is 9.23. The largest absolute Gasteiger partial charge is 0.484 e. The van der Waals surface area contributed by atoms with Gasteiger partial charge in [0, 0.05) is 24.1 Å².